The zero-order valence-corrected chi connectivity index (χ0v) is 9.27. The molecular weight excluding hydrogens is 148 g/mol. The van der Waals surface area contributed by atoms with Crippen LogP contribution in [0, 0.1) is 0 Å². The summed E-state index contributed by atoms with van der Waals surface area (Å²) in [6.07, 6.45) is 0. The van der Waals surface area contributed by atoms with Gasteiger partial charge < -0.3 is 9.80 Å². The second-order valence-corrected chi connectivity index (χ2v) is 3.29. The highest BCUT2D eigenvalue weighted by atomic mass is 15.4. The van der Waals surface area contributed by atoms with E-state index < -0.39 is 0 Å². The molecule has 1 aliphatic rings. The van der Waals surface area contributed by atoms with E-state index >= 15 is 0 Å². The predicted octanol–water partition coefficient (Wildman–Crippen LogP) is 0.446. The van der Waals surface area contributed by atoms with Crippen LogP contribution in [-0.4, -0.2) is 43.8 Å². The Bertz CT molecular complexity index is 90.0. The molecule has 0 amide bonds. The normalized spacial score (nSPS) is 21.0. The predicted molar refractivity (Wildman–Crippen MR) is 54.1 cm³/mol. The van der Waals surface area contributed by atoms with Gasteiger partial charge in [0.05, 0.1) is 13.1 Å². The maximum Gasteiger partial charge on any atom is 0.129 e. The third kappa shape index (κ3) is 3.11. The average Bonchev–Trinajstić information content (AvgIpc) is 2.22. The topological polar surface area (TPSA) is 16.6 Å². The molecule has 74 valence electrons. The first-order valence-corrected chi connectivity index (χ1v) is 5.50. The lowest BCUT2D eigenvalue weighted by atomic mass is 10.2. The number of likely N-dealkylation sites (N-methyl/N-ethyl adjacent to an activating group) is 1. The lowest BCUT2D eigenvalue weighted by molar-refractivity contribution is -0.965. The van der Waals surface area contributed by atoms with Gasteiger partial charge in [0, 0.05) is 0 Å². The van der Waals surface area contributed by atoms with E-state index in [1.165, 1.54) is 43.8 Å². The second kappa shape index (κ2) is 6.44. The summed E-state index contributed by atoms with van der Waals surface area (Å²) in [6, 6.07) is 0. The van der Waals surface area contributed by atoms with Crippen molar-refractivity contribution in [1.82, 2.24) is 0 Å². The van der Waals surface area contributed by atoms with Gasteiger partial charge >= 0.3 is 0 Å². The van der Waals surface area contributed by atoms with Gasteiger partial charge in [-0.15, -0.1) is 0 Å². The molecule has 1 aliphatic heterocycles. The van der Waals surface area contributed by atoms with Crippen LogP contribution in [0.3, 0.4) is 0 Å². The molecule has 0 unspecified atom stereocenters. The molecule has 0 aliphatic carbocycles. The van der Waals surface area contributed by atoms with Crippen LogP contribution in [0.5, 0.6) is 0 Å². The molecule has 0 bridgehead atoms. The summed E-state index contributed by atoms with van der Waals surface area (Å²) in [5.41, 5.74) is 0. The van der Waals surface area contributed by atoms with Crippen molar-refractivity contribution in [2.24, 2.45) is 0 Å². The lowest BCUT2D eigenvalue weighted by Gasteiger charge is -2.38. The molecular formula is C10H26N2+2. The Labute approximate surface area is 77.5 Å². The van der Waals surface area contributed by atoms with Crippen LogP contribution in [0.25, 0.3) is 0 Å². The van der Waals surface area contributed by atoms with Crippen LogP contribution in [0.2, 0.25) is 0 Å². The Morgan fingerprint density at radius 2 is 1.42 bits per heavy atom. The van der Waals surface area contributed by atoms with Gasteiger partial charge in [-0.2, -0.15) is 0 Å². The number of quaternary nitrogens is 2. The standard InChI is InChI=1S/C8H19N2.C2H6/c1-3-10(4-2)7-5-9-6-8-10;1-2/h9H,3-8H2,1-2H3;1-2H3/q+1;/p+1. The van der Waals surface area contributed by atoms with Crippen LogP contribution in [0.4, 0.5) is 0 Å². The Kier molecular flexibility index (Phi) is 6.39. The summed E-state index contributed by atoms with van der Waals surface area (Å²) in [7, 11) is 0. The van der Waals surface area contributed by atoms with Crippen molar-refractivity contribution in [2.45, 2.75) is 27.7 Å². The molecule has 2 nitrogen and oxygen atoms in total. The summed E-state index contributed by atoms with van der Waals surface area (Å²) in [5.74, 6) is 0. The van der Waals surface area contributed by atoms with Crippen LogP contribution >= 0.6 is 0 Å². The summed E-state index contributed by atoms with van der Waals surface area (Å²) in [4.78, 5) is 0. The summed E-state index contributed by atoms with van der Waals surface area (Å²) in [5, 5.41) is 2.43. The fraction of sp³-hybridized carbons (Fsp3) is 1.00. The van der Waals surface area contributed by atoms with E-state index in [1.807, 2.05) is 13.8 Å². The quantitative estimate of drug-likeness (QED) is 0.585. The fourth-order valence-corrected chi connectivity index (χ4v) is 1.84. The molecule has 12 heavy (non-hydrogen) atoms. The van der Waals surface area contributed by atoms with Gasteiger partial charge in [-0.1, -0.05) is 13.8 Å². The van der Waals surface area contributed by atoms with E-state index in [1.54, 1.807) is 0 Å². The molecule has 2 N–H and O–H groups in total. The number of piperazine rings is 1. The molecule has 2 heteroatoms. The third-order valence-electron chi connectivity index (χ3n) is 2.96. The molecule has 0 aromatic heterocycles. The molecule has 1 heterocycles. The number of nitrogens with two attached hydrogens (primary N) is 1. The molecule has 1 saturated heterocycles. The molecule has 0 aromatic rings. The minimum atomic E-state index is 1.32. The minimum absolute atomic E-state index is 1.32. The fourth-order valence-electron chi connectivity index (χ4n) is 1.84. The van der Waals surface area contributed by atoms with E-state index in [0.29, 0.717) is 0 Å². The van der Waals surface area contributed by atoms with Crippen molar-refractivity contribution in [1.29, 1.82) is 0 Å². The minimum Gasteiger partial charge on any atom is -0.337 e. The van der Waals surface area contributed by atoms with Crippen molar-refractivity contribution in [2.75, 3.05) is 39.3 Å². The largest absolute Gasteiger partial charge is 0.337 e. The molecule has 0 radical (unpaired) electrons. The number of rotatable bonds is 2. The molecule has 1 fully saturated rings. The molecule has 0 aromatic carbocycles. The zero-order chi connectivity index (χ0) is 9.45. The van der Waals surface area contributed by atoms with Crippen LogP contribution in [0.15, 0.2) is 0 Å². The monoisotopic (exact) mass is 174 g/mol. The molecule has 0 saturated carbocycles. The Morgan fingerprint density at radius 3 is 1.67 bits per heavy atom. The van der Waals surface area contributed by atoms with Crippen molar-refractivity contribution in [3.63, 3.8) is 0 Å². The first kappa shape index (κ1) is 11.9. The van der Waals surface area contributed by atoms with Crippen LogP contribution in [-0.2, 0) is 0 Å². The third-order valence-corrected chi connectivity index (χ3v) is 2.96. The zero-order valence-electron chi connectivity index (χ0n) is 9.27. The van der Waals surface area contributed by atoms with E-state index in [-0.39, 0.29) is 0 Å². The molecule has 0 spiro atoms. The van der Waals surface area contributed by atoms with Gasteiger partial charge in [-0.25, -0.2) is 0 Å². The van der Waals surface area contributed by atoms with E-state index in [2.05, 4.69) is 19.2 Å². The van der Waals surface area contributed by atoms with Gasteiger partial charge in [-0.05, 0) is 13.8 Å². The molecule has 1 rings (SSSR count). The van der Waals surface area contributed by atoms with Crippen molar-refractivity contribution < 1.29 is 9.80 Å². The smallest absolute Gasteiger partial charge is 0.129 e. The second-order valence-electron chi connectivity index (χ2n) is 3.29. The highest BCUT2D eigenvalue weighted by Gasteiger charge is 2.27. The lowest BCUT2D eigenvalue weighted by Crippen LogP contribution is -2.91. The number of hydrogen-bond acceptors (Lipinski definition) is 0. The SMILES string of the molecule is CC.CC[N+]1(CC)CC[NH2+]CC1. The van der Waals surface area contributed by atoms with Crippen LogP contribution < -0.4 is 5.32 Å². The number of hydrogen-bond donors (Lipinski definition) is 1. The average molecular weight is 174 g/mol. The van der Waals surface area contributed by atoms with Crippen molar-refractivity contribution >= 4 is 0 Å². The van der Waals surface area contributed by atoms with Gasteiger partial charge in [0.15, 0.2) is 0 Å². The molecule has 0 atom stereocenters. The Morgan fingerprint density at radius 1 is 1.00 bits per heavy atom. The van der Waals surface area contributed by atoms with Gasteiger partial charge in [-0.3, -0.25) is 0 Å². The summed E-state index contributed by atoms with van der Waals surface area (Å²) >= 11 is 0. The van der Waals surface area contributed by atoms with Gasteiger partial charge in [0.1, 0.15) is 26.2 Å². The van der Waals surface area contributed by atoms with Crippen LogP contribution in [0.1, 0.15) is 27.7 Å². The highest BCUT2D eigenvalue weighted by molar-refractivity contribution is 4.42. The summed E-state index contributed by atoms with van der Waals surface area (Å²) < 4.78 is 1.36. The van der Waals surface area contributed by atoms with Gasteiger partial charge in [0.25, 0.3) is 0 Å². The van der Waals surface area contributed by atoms with E-state index in [9.17, 15) is 0 Å². The van der Waals surface area contributed by atoms with Gasteiger partial charge in [0.2, 0.25) is 0 Å². The highest BCUT2D eigenvalue weighted by Crippen LogP contribution is 2.04. The maximum absolute atomic E-state index is 2.43. The first-order chi connectivity index (χ1) is 5.83. The Hall–Kier alpha value is -0.0800. The van der Waals surface area contributed by atoms with E-state index in [0.717, 1.165) is 0 Å². The Balaban J connectivity index is 0.000000561. The van der Waals surface area contributed by atoms with Crippen molar-refractivity contribution in [3.8, 4) is 0 Å². The number of nitrogens with zero attached hydrogens (tertiary/aromatic N) is 1. The van der Waals surface area contributed by atoms with Crippen molar-refractivity contribution in [3.05, 3.63) is 0 Å². The maximum atomic E-state index is 2.43. The summed E-state index contributed by atoms with van der Waals surface area (Å²) in [6.45, 7) is 16.7. The first-order valence-electron chi connectivity index (χ1n) is 5.50. The van der Waals surface area contributed by atoms with E-state index in [4.69, 9.17) is 0 Å².